The zero-order chi connectivity index (χ0) is 14.0. The van der Waals surface area contributed by atoms with Crippen LogP contribution >= 0.6 is 0 Å². The highest BCUT2D eigenvalue weighted by Gasteiger charge is 2.23. The van der Waals surface area contributed by atoms with Crippen LogP contribution in [0, 0.1) is 11.3 Å². The summed E-state index contributed by atoms with van der Waals surface area (Å²) in [7, 11) is 2.13. The van der Waals surface area contributed by atoms with E-state index in [1.165, 1.54) is 0 Å². The summed E-state index contributed by atoms with van der Waals surface area (Å²) in [6, 6.07) is 8.17. The van der Waals surface area contributed by atoms with Crippen molar-refractivity contribution in [3.63, 3.8) is 0 Å². The minimum Gasteiger partial charge on any atom is -0.389 e. The normalized spacial score (nSPS) is 22.1. The van der Waals surface area contributed by atoms with Crippen molar-refractivity contribution in [1.29, 1.82) is 5.26 Å². The van der Waals surface area contributed by atoms with Crippen LogP contribution in [0.3, 0.4) is 0 Å². The number of hydrogen-bond donors (Lipinski definition) is 1. The lowest BCUT2D eigenvalue weighted by atomic mass is 10.0. The molecule has 1 saturated heterocycles. The van der Waals surface area contributed by atoms with Crippen molar-refractivity contribution in [2.75, 3.05) is 31.6 Å². The zero-order valence-electron chi connectivity index (χ0n) is 11.8. The SMILES string of the molecule is CC1CN(c2cc(C#N)ccc2[C@@H](C)O)CCN1C. The Balaban J connectivity index is 2.34. The van der Waals surface area contributed by atoms with E-state index in [2.05, 4.69) is 29.8 Å². The minimum atomic E-state index is -0.516. The highest BCUT2D eigenvalue weighted by atomic mass is 16.3. The van der Waals surface area contributed by atoms with E-state index in [9.17, 15) is 5.11 Å². The number of likely N-dealkylation sites (N-methyl/N-ethyl adjacent to an activating group) is 1. The molecule has 4 nitrogen and oxygen atoms in total. The van der Waals surface area contributed by atoms with E-state index in [0.717, 1.165) is 30.9 Å². The number of hydrogen-bond acceptors (Lipinski definition) is 4. The maximum atomic E-state index is 9.90. The summed E-state index contributed by atoms with van der Waals surface area (Å²) in [5, 5.41) is 18.9. The summed E-state index contributed by atoms with van der Waals surface area (Å²) in [5.74, 6) is 0. The van der Waals surface area contributed by atoms with Crippen LogP contribution in [-0.2, 0) is 0 Å². The Hall–Kier alpha value is -1.57. The Morgan fingerprint density at radius 1 is 1.42 bits per heavy atom. The first-order valence-corrected chi connectivity index (χ1v) is 6.70. The monoisotopic (exact) mass is 259 g/mol. The Kier molecular flexibility index (Phi) is 4.08. The molecule has 2 atom stereocenters. The lowest BCUT2D eigenvalue weighted by Gasteiger charge is -2.40. The van der Waals surface area contributed by atoms with Gasteiger partial charge in [0, 0.05) is 36.9 Å². The molecule has 19 heavy (non-hydrogen) atoms. The molecule has 0 radical (unpaired) electrons. The number of nitriles is 1. The molecule has 1 fully saturated rings. The second-order valence-corrected chi connectivity index (χ2v) is 5.34. The number of anilines is 1. The van der Waals surface area contributed by atoms with Crippen molar-refractivity contribution < 1.29 is 5.11 Å². The van der Waals surface area contributed by atoms with E-state index in [1.54, 1.807) is 13.0 Å². The number of piperazine rings is 1. The molecule has 0 saturated carbocycles. The molecule has 0 amide bonds. The van der Waals surface area contributed by atoms with Crippen molar-refractivity contribution in [2.24, 2.45) is 0 Å². The van der Waals surface area contributed by atoms with Gasteiger partial charge in [-0.25, -0.2) is 0 Å². The van der Waals surface area contributed by atoms with E-state index in [-0.39, 0.29) is 0 Å². The summed E-state index contributed by atoms with van der Waals surface area (Å²) in [6.07, 6.45) is -0.516. The van der Waals surface area contributed by atoms with Crippen LogP contribution < -0.4 is 4.90 Å². The van der Waals surface area contributed by atoms with Crippen LogP contribution in [0.15, 0.2) is 18.2 Å². The van der Waals surface area contributed by atoms with Crippen molar-refractivity contribution >= 4 is 5.69 Å². The van der Waals surface area contributed by atoms with Gasteiger partial charge in [0.2, 0.25) is 0 Å². The molecule has 0 spiro atoms. The summed E-state index contributed by atoms with van der Waals surface area (Å²) in [5.41, 5.74) is 2.54. The van der Waals surface area contributed by atoms with Crippen LogP contribution in [0.5, 0.6) is 0 Å². The second-order valence-electron chi connectivity index (χ2n) is 5.34. The molecule has 1 unspecified atom stereocenters. The molecule has 102 valence electrons. The number of benzene rings is 1. The largest absolute Gasteiger partial charge is 0.389 e. The Morgan fingerprint density at radius 3 is 2.74 bits per heavy atom. The van der Waals surface area contributed by atoms with Gasteiger partial charge in [-0.1, -0.05) is 6.07 Å². The molecule has 0 aliphatic carbocycles. The van der Waals surface area contributed by atoms with Crippen molar-refractivity contribution in [1.82, 2.24) is 4.90 Å². The fraction of sp³-hybridized carbons (Fsp3) is 0.533. The van der Waals surface area contributed by atoms with E-state index < -0.39 is 6.10 Å². The number of aliphatic hydroxyl groups is 1. The topological polar surface area (TPSA) is 50.5 Å². The first-order chi connectivity index (χ1) is 9.02. The molecule has 0 aromatic heterocycles. The Bertz CT molecular complexity index is 493. The molecule has 1 aliphatic heterocycles. The highest BCUT2D eigenvalue weighted by molar-refractivity contribution is 5.59. The van der Waals surface area contributed by atoms with Crippen molar-refractivity contribution in [3.05, 3.63) is 29.3 Å². The van der Waals surface area contributed by atoms with Crippen LogP contribution in [-0.4, -0.2) is 42.7 Å². The van der Waals surface area contributed by atoms with E-state index in [1.807, 2.05) is 12.1 Å². The standard InChI is InChI=1S/C15H21N3O/c1-11-10-18(7-6-17(11)3)15-8-13(9-16)4-5-14(15)12(2)19/h4-5,8,11-12,19H,6-7,10H2,1-3H3/t11?,12-/m1/s1. The predicted octanol–water partition coefficient (Wildman–Crippen LogP) is 1.75. The molecule has 1 aromatic rings. The number of aliphatic hydroxyl groups excluding tert-OH is 1. The zero-order valence-corrected chi connectivity index (χ0v) is 11.8. The molecule has 1 N–H and O–H groups in total. The average Bonchev–Trinajstić information content (AvgIpc) is 2.41. The van der Waals surface area contributed by atoms with Gasteiger partial charge in [0.25, 0.3) is 0 Å². The van der Waals surface area contributed by atoms with Gasteiger partial charge in [-0.05, 0) is 33.0 Å². The summed E-state index contributed by atoms with van der Waals surface area (Å²) >= 11 is 0. The highest BCUT2D eigenvalue weighted by Crippen LogP contribution is 2.29. The van der Waals surface area contributed by atoms with Crippen molar-refractivity contribution in [2.45, 2.75) is 26.0 Å². The Labute approximate surface area is 114 Å². The van der Waals surface area contributed by atoms with Crippen LogP contribution in [0.25, 0.3) is 0 Å². The van der Waals surface area contributed by atoms with Gasteiger partial charge in [0.05, 0.1) is 17.7 Å². The summed E-state index contributed by atoms with van der Waals surface area (Å²) in [6.45, 7) is 6.81. The van der Waals surface area contributed by atoms with Crippen LogP contribution in [0.1, 0.15) is 31.1 Å². The third-order valence-electron chi connectivity index (χ3n) is 3.91. The van der Waals surface area contributed by atoms with Gasteiger partial charge >= 0.3 is 0 Å². The average molecular weight is 259 g/mol. The second kappa shape index (κ2) is 5.60. The first kappa shape index (κ1) is 13.9. The lowest BCUT2D eigenvalue weighted by molar-refractivity contribution is 0.198. The molecule has 1 aromatic carbocycles. The molecule has 4 heteroatoms. The maximum absolute atomic E-state index is 9.90. The van der Waals surface area contributed by atoms with E-state index >= 15 is 0 Å². The van der Waals surface area contributed by atoms with Gasteiger partial charge in [-0.15, -0.1) is 0 Å². The Morgan fingerprint density at radius 2 is 2.16 bits per heavy atom. The molecular formula is C15H21N3O. The predicted molar refractivity (Wildman–Crippen MR) is 76.1 cm³/mol. The molecule has 1 aliphatic rings. The van der Waals surface area contributed by atoms with Gasteiger partial charge < -0.3 is 14.9 Å². The quantitative estimate of drug-likeness (QED) is 0.879. The smallest absolute Gasteiger partial charge is 0.0992 e. The number of nitrogens with zero attached hydrogens (tertiary/aromatic N) is 3. The van der Waals surface area contributed by atoms with Crippen molar-refractivity contribution in [3.8, 4) is 6.07 Å². The molecule has 2 rings (SSSR count). The third kappa shape index (κ3) is 2.89. The summed E-state index contributed by atoms with van der Waals surface area (Å²) in [4.78, 5) is 4.60. The van der Waals surface area contributed by atoms with Gasteiger partial charge in [-0.2, -0.15) is 5.26 Å². The van der Waals surface area contributed by atoms with Gasteiger partial charge in [0.1, 0.15) is 0 Å². The fourth-order valence-electron chi connectivity index (χ4n) is 2.51. The van der Waals surface area contributed by atoms with E-state index in [0.29, 0.717) is 11.6 Å². The number of rotatable bonds is 2. The lowest BCUT2D eigenvalue weighted by Crippen LogP contribution is -2.50. The molecule has 1 heterocycles. The van der Waals surface area contributed by atoms with Crippen LogP contribution in [0.4, 0.5) is 5.69 Å². The minimum absolute atomic E-state index is 0.473. The first-order valence-electron chi connectivity index (χ1n) is 6.70. The van der Waals surface area contributed by atoms with Gasteiger partial charge in [-0.3, -0.25) is 0 Å². The van der Waals surface area contributed by atoms with Gasteiger partial charge in [0.15, 0.2) is 0 Å². The fourth-order valence-corrected chi connectivity index (χ4v) is 2.51. The third-order valence-corrected chi connectivity index (χ3v) is 3.91. The van der Waals surface area contributed by atoms with Crippen LogP contribution in [0.2, 0.25) is 0 Å². The maximum Gasteiger partial charge on any atom is 0.0992 e. The van der Waals surface area contributed by atoms with E-state index in [4.69, 9.17) is 5.26 Å². The summed E-state index contributed by atoms with van der Waals surface area (Å²) < 4.78 is 0. The molecule has 0 bridgehead atoms. The molecular weight excluding hydrogens is 238 g/mol.